The number of carbonyl (C=O) groups is 1. The molecule has 0 aliphatic carbocycles. The molecule has 0 radical (unpaired) electrons. The van der Waals surface area contributed by atoms with Gasteiger partial charge in [0.05, 0.1) is 0 Å². The molecule has 4 nitrogen and oxygen atoms in total. The summed E-state index contributed by atoms with van der Waals surface area (Å²) in [6.07, 6.45) is 2.47. The molecule has 1 aromatic heterocycles. The number of nitrogens with one attached hydrogen (secondary N) is 1. The maximum absolute atomic E-state index is 11.6. The molecule has 4 heteroatoms. The molecular formula is C16H18N2O2. The molecule has 0 unspecified atom stereocenters. The van der Waals surface area contributed by atoms with Crippen molar-refractivity contribution < 1.29 is 9.53 Å². The zero-order valence-corrected chi connectivity index (χ0v) is 11.5. The number of nitrogens with zero attached hydrogens (tertiary/aromatic N) is 1. The highest BCUT2D eigenvalue weighted by Crippen LogP contribution is 2.11. The molecule has 0 saturated heterocycles. The van der Waals surface area contributed by atoms with Crippen molar-refractivity contribution in [3.63, 3.8) is 0 Å². The summed E-state index contributed by atoms with van der Waals surface area (Å²) in [5, 5.41) is 2.81. The van der Waals surface area contributed by atoms with Crippen molar-refractivity contribution >= 4 is 5.91 Å². The number of aromatic nitrogens is 1. The number of rotatable bonds is 6. The van der Waals surface area contributed by atoms with Gasteiger partial charge in [0.1, 0.15) is 5.75 Å². The van der Waals surface area contributed by atoms with Crippen molar-refractivity contribution in [1.29, 1.82) is 0 Å². The van der Waals surface area contributed by atoms with E-state index < -0.39 is 0 Å². The second-order valence-electron chi connectivity index (χ2n) is 4.53. The number of benzene rings is 1. The number of hydrogen-bond acceptors (Lipinski definition) is 3. The van der Waals surface area contributed by atoms with E-state index in [1.165, 1.54) is 0 Å². The Morgan fingerprint density at radius 2 is 2.15 bits per heavy atom. The normalized spacial score (nSPS) is 10.1. The van der Waals surface area contributed by atoms with E-state index in [2.05, 4.69) is 10.3 Å². The Kier molecular flexibility index (Phi) is 5.12. The van der Waals surface area contributed by atoms with Crippen molar-refractivity contribution in [1.82, 2.24) is 10.3 Å². The van der Waals surface area contributed by atoms with Gasteiger partial charge in [0.15, 0.2) is 6.61 Å². The van der Waals surface area contributed by atoms with Crippen molar-refractivity contribution in [3.8, 4) is 5.75 Å². The summed E-state index contributed by atoms with van der Waals surface area (Å²) in [6, 6.07) is 13.4. The average molecular weight is 270 g/mol. The summed E-state index contributed by atoms with van der Waals surface area (Å²) in [6.45, 7) is 2.58. The number of hydrogen-bond donors (Lipinski definition) is 1. The van der Waals surface area contributed by atoms with Gasteiger partial charge in [-0.1, -0.05) is 18.2 Å². The van der Waals surface area contributed by atoms with Crippen molar-refractivity contribution in [3.05, 3.63) is 59.9 Å². The van der Waals surface area contributed by atoms with E-state index in [0.717, 1.165) is 17.7 Å². The van der Waals surface area contributed by atoms with Crippen LogP contribution in [0.2, 0.25) is 0 Å². The fourth-order valence-electron chi connectivity index (χ4n) is 1.78. The van der Waals surface area contributed by atoms with Gasteiger partial charge < -0.3 is 10.1 Å². The van der Waals surface area contributed by atoms with Crippen LogP contribution in [0.15, 0.2) is 48.7 Å². The lowest BCUT2D eigenvalue weighted by atomic mass is 10.2. The molecular weight excluding hydrogens is 252 g/mol. The predicted molar refractivity (Wildman–Crippen MR) is 77.6 cm³/mol. The van der Waals surface area contributed by atoms with Gasteiger partial charge in [0, 0.05) is 24.9 Å². The lowest BCUT2D eigenvalue weighted by Crippen LogP contribution is -2.30. The zero-order valence-electron chi connectivity index (χ0n) is 11.5. The molecule has 0 aliphatic heterocycles. The molecule has 2 aromatic rings. The molecule has 104 valence electrons. The van der Waals surface area contributed by atoms with Crippen LogP contribution in [0.4, 0.5) is 0 Å². The third-order valence-electron chi connectivity index (χ3n) is 2.79. The Balaban J connectivity index is 1.68. The molecule has 0 fully saturated rings. The van der Waals surface area contributed by atoms with Crippen LogP contribution in [0.25, 0.3) is 0 Å². The molecule has 0 saturated carbocycles. The van der Waals surface area contributed by atoms with E-state index in [-0.39, 0.29) is 12.5 Å². The van der Waals surface area contributed by atoms with Crippen LogP contribution in [-0.4, -0.2) is 24.0 Å². The van der Waals surface area contributed by atoms with Gasteiger partial charge in [-0.2, -0.15) is 0 Å². The van der Waals surface area contributed by atoms with Gasteiger partial charge in [0.25, 0.3) is 5.91 Å². The maximum Gasteiger partial charge on any atom is 0.257 e. The molecule has 0 bridgehead atoms. The first-order valence-corrected chi connectivity index (χ1v) is 6.60. The number of amides is 1. The second-order valence-corrected chi connectivity index (χ2v) is 4.53. The second kappa shape index (κ2) is 7.28. The predicted octanol–water partition coefficient (Wildman–Crippen LogP) is 2.13. The largest absolute Gasteiger partial charge is 0.484 e. The molecule has 2 rings (SSSR count). The van der Waals surface area contributed by atoms with Crippen LogP contribution in [0.3, 0.4) is 0 Å². The van der Waals surface area contributed by atoms with Gasteiger partial charge in [-0.15, -0.1) is 0 Å². The Morgan fingerprint density at radius 3 is 2.90 bits per heavy atom. The van der Waals surface area contributed by atoms with Gasteiger partial charge in [-0.05, 0) is 36.8 Å². The molecule has 1 amide bonds. The smallest absolute Gasteiger partial charge is 0.257 e. The van der Waals surface area contributed by atoms with Crippen LogP contribution >= 0.6 is 0 Å². The Labute approximate surface area is 118 Å². The SMILES string of the molecule is Cc1cccc(OCC(=O)NCCc2ccccn2)c1. The first-order valence-electron chi connectivity index (χ1n) is 6.60. The molecule has 0 aliphatic rings. The standard InChI is InChI=1S/C16H18N2O2/c1-13-5-4-7-15(11-13)20-12-16(19)18-10-8-14-6-2-3-9-17-14/h2-7,9,11H,8,10,12H2,1H3,(H,18,19). The van der Waals surface area contributed by atoms with E-state index in [4.69, 9.17) is 4.74 Å². The summed E-state index contributed by atoms with van der Waals surface area (Å²) in [4.78, 5) is 15.8. The highest BCUT2D eigenvalue weighted by atomic mass is 16.5. The molecule has 0 atom stereocenters. The minimum Gasteiger partial charge on any atom is -0.484 e. The molecule has 20 heavy (non-hydrogen) atoms. The van der Waals surface area contributed by atoms with Crippen LogP contribution in [-0.2, 0) is 11.2 Å². The highest BCUT2D eigenvalue weighted by molar-refractivity contribution is 5.77. The minimum atomic E-state index is -0.123. The summed E-state index contributed by atoms with van der Waals surface area (Å²) in [5.74, 6) is 0.590. The first kappa shape index (κ1) is 14.1. The zero-order chi connectivity index (χ0) is 14.2. The van der Waals surface area contributed by atoms with Crippen LogP contribution in [0.5, 0.6) is 5.75 Å². The van der Waals surface area contributed by atoms with Crippen LogP contribution in [0, 0.1) is 6.92 Å². The lowest BCUT2D eigenvalue weighted by Gasteiger charge is -2.07. The van der Waals surface area contributed by atoms with E-state index in [1.807, 2.05) is 49.4 Å². The lowest BCUT2D eigenvalue weighted by molar-refractivity contribution is -0.123. The summed E-state index contributed by atoms with van der Waals surface area (Å²) >= 11 is 0. The fraction of sp³-hybridized carbons (Fsp3) is 0.250. The van der Waals surface area contributed by atoms with Gasteiger partial charge >= 0.3 is 0 Å². The van der Waals surface area contributed by atoms with Crippen LogP contribution in [0.1, 0.15) is 11.3 Å². The van der Waals surface area contributed by atoms with Crippen molar-refractivity contribution in [2.75, 3.05) is 13.2 Å². The Morgan fingerprint density at radius 1 is 1.25 bits per heavy atom. The maximum atomic E-state index is 11.6. The van der Waals surface area contributed by atoms with E-state index >= 15 is 0 Å². The third kappa shape index (κ3) is 4.72. The number of carbonyl (C=O) groups excluding carboxylic acids is 1. The van der Waals surface area contributed by atoms with Crippen molar-refractivity contribution in [2.24, 2.45) is 0 Å². The highest BCUT2D eigenvalue weighted by Gasteiger charge is 2.02. The number of pyridine rings is 1. The van der Waals surface area contributed by atoms with E-state index in [0.29, 0.717) is 12.3 Å². The quantitative estimate of drug-likeness (QED) is 0.875. The molecule has 0 spiro atoms. The first-order chi connectivity index (χ1) is 9.74. The van der Waals surface area contributed by atoms with E-state index in [1.54, 1.807) is 6.20 Å². The summed E-state index contributed by atoms with van der Waals surface area (Å²) in [5.41, 5.74) is 2.07. The Hall–Kier alpha value is -2.36. The van der Waals surface area contributed by atoms with E-state index in [9.17, 15) is 4.79 Å². The Bertz CT molecular complexity index is 555. The van der Waals surface area contributed by atoms with Gasteiger partial charge in [-0.3, -0.25) is 9.78 Å². The van der Waals surface area contributed by atoms with Gasteiger partial charge in [0.2, 0.25) is 0 Å². The minimum absolute atomic E-state index is 0.0334. The molecule has 1 N–H and O–H groups in total. The number of ether oxygens (including phenoxy) is 1. The van der Waals surface area contributed by atoms with Crippen LogP contribution < -0.4 is 10.1 Å². The molecule has 1 heterocycles. The van der Waals surface area contributed by atoms with Gasteiger partial charge in [-0.25, -0.2) is 0 Å². The topological polar surface area (TPSA) is 51.2 Å². The summed E-state index contributed by atoms with van der Waals surface area (Å²) in [7, 11) is 0. The average Bonchev–Trinajstić information content (AvgIpc) is 2.46. The van der Waals surface area contributed by atoms with Crippen molar-refractivity contribution in [2.45, 2.75) is 13.3 Å². The third-order valence-corrected chi connectivity index (χ3v) is 2.79. The summed E-state index contributed by atoms with van der Waals surface area (Å²) < 4.78 is 5.42. The number of aryl methyl sites for hydroxylation is 1. The molecule has 1 aromatic carbocycles. The monoisotopic (exact) mass is 270 g/mol. The fourth-order valence-corrected chi connectivity index (χ4v) is 1.78.